The molecule has 0 bridgehead atoms. The molecule has 0 aromatic heterocycles. The van der Waals surface area contributed by atoms with E-state index in [2.05, 4.69) is 0 Å². The molecule has 0 amide bonds. The van der Waals surface area contributed by atoms with Crippen LogP contribution < -0.4 is 5.73 Å². The minimum absolute atomic E-state index is 0.249. The topological polar surface area (TPSA) is 63.3 Å². The van der Waals surface area contributed by atoms with Crippen LogP contribution >= 0.6 is 7.14 Å². The van der Waals surface area contributed by atoms with Gasteiger partial charge in [-0.05, 0) is 6.66 Å². The summed E-state index contributed by atoms with van der Waals surface area (Å²) >= 11 is 0. The molecule has 9 heavy (non-hydrogen) atoms. The number of hydrogen-bond acceptors (Lipinski definition) is 3. The molecule has 3 unspecified atom stereocenters. The van der Waals surface area contributed by atoms with Gasteiger partial charge in [0.05, 0.1) is 13.2 Å². The summed E-state index contributed by atoms with van der Waals surface area (Å²) in [6.07, 6.45) is 0.392. The zero-order valence-electron chi connectivity index (χ0n) is 5.45. The van der Waals surface area contributed by atoms with Crippen LogP contribution in [-0.2, 0) is 4.57 Å². The molecule has 0 aliphatic carbocycles. The van der Waals surface area contributed by atoms with Crippen molar-refractivity contribution in [3.05, 3.63) is 0 Å². The smallest absolute Gasteiger partial charge is 0.0890 e. The van der Waals surface area contributed by atoms with Gasteiger partial charge in [0.15, 0.2) is 0 Å². The summed E-state index contributed by atoms with van der Waals surface area (Å²) in [4.78, 5) is 0. The third-order valence-electron chi connectivity index (χ3n) is 1.66. The van der Waals surface area contributed by atoms with Gasteiger partial charge in [-0.15, -0.1) is 0 Å². The highest BCUT2D eigenvalue weighted by Gasteiger charge is 2.34. The molecule has 1 aliphatic heterocycles. The molecule has 4 heteroatoms. The van der Waals surface area contributed by atoms with Crippen molar-refractivity contribution in [2.24, 2.45) is 5.73 Å². The van der Waals surface area contributed by atoms with Crippen LogP contribution in [-0.4, -0.2) is 36.2 Å². The molecule has 0 aromatic rings. The highest BCUT2D eigenvalue weighted by atomic mass is 31.2. The fourth-order valence-electron chi connectivity index (χ4n) is 1.17. The monoisotopic (exact) mass is 149 g/mol. The first kappa shape index (κ1) is 7.26. The maximum Gasteiger partial charge on any atom is 0.0890 e. The van der Waals surface area contributed by atoms with Crippen molar-refractivity contribution < 1.29 is 9.67 Å². The molecule has 0 saturated carbocycles. The Morgan fingerprint density at radius 1 is 1.67 bits per heavy atom. The molecule has 3 nitrogen and oxygen atoms in total. The van der Waals surface area contributed by atoms with Gasteiger partial charge in [-0.3, -0.25) is 0 Å². The number of hydrogen-bond donors (Lipinski definition) is 2. The van der Waals surface area contributed by atoms with E-state index >= 15 is 0 Å². The van der Waals surface area contributed by atoms with Gasteiger partial charge >= 0.3 is 0 Å². The number of nitrogens with two attached hydrogens (primary N) is 1. The van der Waals surface area contributed by atoms with E-state index in [0.717, 1.165) is 0 Å². The van der Waals surface area contributed by atoms with Gasteiger partial charge in [0, 0.05) is 18.4 Å². The number of aliphatic hydroxyl groups is 1. The van der Waals surface area contributed by atoms with Crippen molar-refractivity contribution in [2.45, 2.75) is 12.1 Å². The Balaban J connectivity index is 2.65. The highest BCUT2D eigenvalue weighted by Crippen LogP contribution is 2.47. The molecule has 54 valence electrons. The molecular weight excluding hydrogens is 137 g/mol. The summed E-state index contributed by atoms with van der Waals surface area (Å²) in [6.45, 7) is 1.70. The first-order chi connectivity index (χ1) is 4.01. The minimum Gasteiger partial charge on any atom is -0.391 e. The molecule has 1 saturated heterocycles. The van der Waals surface area contributed by atoms with Gasteiger partial charge in [0.1, 0.15) is 0 Å². The van der Waals surface area contributed by atoms with Crippen LogP contribution in [0.2, 0.25) is 0 Å². The van der Waals surface area contributed by atoms with E-state index in [1.54, 1.807) is 6.66 Å². The van der Waals surface area contributed by atoms with Crippen LogP contribution in [0.3, 0.4) is 0 Å². The van der Waals surface area contributed by atoms with Crippen molar-refractivity contribution in [1.29, 1.82) is 0 Å². The van der Waals surface area contributed by atoms with E-state index in [1.165, 1.54) is 0 Å². The molecule has 1 rings (SSSR count). The normalized spacial score (nSPS) is 51.9. The minimum atomic E-state index is -2.03. The van der Waals surface area contributed by atoms with Gasteiger partial charge in [0.25, 0.3) is 0 Å². The fraction of sp³-hybridized carbons (Fsp3) is 1.00. The number of aliphatic hydroxyl groups excluding tert-OH is 1. The lowest BCUT2D eigenvalue weighted by atomic mass is 10.2. The molecule has 0 aromatic carbocycles. The van der Waals surface area contributed by atoms with Gasteiger partial charge in [-0.1, -0.05) is 0 Å². The van der Waals surface area contributed by atoms with E-state index in [9.17, 15) is 4.57 Å². The van der Waals surface area contributed by atoms with Gasteiger partial charge in [0.2, 0.25) is 0 Å². The van der Waals surface area contributed by atoms with Crippen LogP contribution in [0, 0.1) is 0 Å². The van der Waals surface area contributed by atoms with Crippen LogP contribution in [0.15, 0.2) is 0 Å². The Morgan fingerprint density at radius 2 is 2.22 bits per heavy atom. The predicted molar refractivity (Wildman–Crippen MR) is 37.2 cm³/mol. The zero-order valence-corrected chi connectivity index (χ0v) is 6.34. The predicted octanol–water partition coefficient (Wildman–Crippen LogP) is -0.319. The lowest BCUT2D eigenvalue weighted by Crippen LogP contribution is -2.32. The van der Waals surface area contributed by atoms with E-state index in [4.69, 9.17) is 10.8 Å². The van der Waals surface area contributed by atoms with E-state index in [0.29, 0.717) is 12.3 Å². The standard InChI is InChI=1S/C5H12NO2P/c1-9(8)2-4(6)5(7)3-9/h4-5,7H,2-3,6H2,1H3. The lowest BCUT2D eigenvalue weighted by Gasteiger charge is -2.03. The Bertz CT molecular complexity index is 145. The SMILES string of the molecule is CP1(=O)CC(N)C(O)C1. The van der Waals surface area contributed by atoms with Crippen molar-refractivity contribution in [3.63, 3.8) is 0 Å². The van der Waals surface area contributed by atoms with E-state index in [-0.39, 0.29) is 6.04 Å². The largest absolute Gasteiger partial charge is 0.391 e. The average Bonchev–Trinajstić information content (AvgIpc) is 1.79. The van der Waals surface area contributed by atoms with E-state index in [1.807, 2.05) is 0 Å². The first-order valence-electron chi connectivity index (χ1n) is 3.00. The Hall–Kier alpha value is 0.150. The lowest BCUT2D eigenvalue weighted by molar-refractivity contribution is 0.183. The molecule has 0 spiro atoms. The Labute approximate surface area is 54.6 Å². The summed E-state index contributed by atoms with van der Waals surface area (Å²) in [5.74, 6) is 0. The van der Waals surface area contributed by atoms with Crippen LogP contribution in [0.4, 0.5) is 0 Å². The molecule has 0 radical (unpaired) electrons. The Morgan fingerprint density at radius 3 is 2.33 bits per heavy atom. The second-order valence-electron chi connectivity index (χ2n) is 2.89. The van der Waals surface area contributed by atoms with Crippen LogP contribution in [0.5, 0.6) is 0 Å². The summed E-state index contributed by atoms with van der Waals surface area (Å²) < 4.78 is 11.2. The quantitative estimate of drug-likeness (QED) is 0.464. The highest BCUT2D eigenvalue weighted by molar-refractivity contribution is 7.63. The molecular formula is C5H12NO2P. The van der Waals surface area contributed by atoms with Crippen LogP contribution in [0.25, 0.3) is 0 Å². The first-order valence-corrected chi connectivity index (χ1v) is 5.53. The van der Waals surface area contributed by atoms with Gasteiger partial charge in [-0.2, -0.15) is 0 Å². The van der Waals surface area contributed by atoms with Crippen molar-refractivity contribution >= 4 is 7.14 Å². The average molecular weight is 149 g/mol. The maximum absolute atomic E-state index is 11.2. The summed E-state index contributed by atoms with van der Waals surface area (Å²) in [7, 11) is -2.03. The second kappa shape index (κ2) is 2.08. The summed E-state index contributed by atoms with van der Waals surface area (Å²) in [6, 6.07) is -0.249. The molecule has 3 N–H and O–H groups in total. The van der Waals surface area contributed by atoms with Gasteiger partial charge < -0.3 is 15.4 Å². The van der Waals surface area contributed by atoms with Crippen molar-refractivity contribution in [3.8, 4) is 0 Å². The van der Waals surface area contributed by atoms with Crippen LogP contribution in [0.1, 0.15) is 0 Å². The molecule has 1 heterocycles. The van der Waals surface area contributed by atoms with Gasteiger partial charge in [-0.25, -0.2) is 0 Å². The molecule has 3 atom stereocenters. The van der Waals surface area contributed by atoms with Crippen molar-refractivity contribution in [1.82, 2.24) is 0 Å². The third kappa shape index (κ3) is 1.54. The second-order valence-corrected chi connectivity index (χ2v) is 6.22. The summed E-state index contributed by atoms with van der Waals surface area (Å²) in [5.41, 5.74) is 5.43. The molecule has 1 fully saturated rings. The van der Waals surface area contributed by atoms with E-state index < -0.39 is 13.2 Å². The van der Waals surface area contributed by atoms with Crippen molar-refractivity contribution in [2.75, 3.05) is 19.0 Å². The maximum atomic E-state index is 11.2. The third-order valence-corrected chi connectivity index (χ3v) is 4.01. The Kier molecular flexibility index (Phi) is 1.68. The fourth-order valence-corrected chi connectivity index (χ4v) is 3.52. The number of rotatable bonds is 0. The molecule has 1 aliphatic rings. The zero-order chi connectivity index (χ0) is 7.07. The summed E-state index contributed by atoms with van der Waals surface area (Å²) in [5, 5.41) is 9.04.